The first-order chi connectivity index (χ1) is 12.0. The van der Waals surface area contributed by atoms with Gasteiger partial charge in [0, 0.05) is 0 Å². The number of rotatable bonds is 3. The summed E-state index contributed by atoms with van der Waals surface area (Å²) < 4.78 is 42.3. The fourth-order valence-corrected chi connectivity index (χ4v) is 2.16. The summed E-state index contributed by atoms with van der Waals surface area (Å²) in [5.41, 5.74) is 6.34. The molecule has 26 heavy (non-hydrogen) atoms. The maximum absolute atomic E-state index is 12.7. The number of hydrogen-bond acceptors (Lipinski definition) is 5. The van der Waals surface area contributed by atoms with E-state index in [0.29, 0.717) is 5.56 Å². The lowest BCUT2D eigenvalue weighted by Crippen LogP contribution is -2.28. The van der Waals surface area contributed by atoms with Crippen molar-refractivity contribution in [2.24, 2.45) is 10.8 Å². The van der Waals surface area contributed by atoms with Gasteiger partial charge >= 0.3 is 0 Å². The number of nitrogens with zero attached hydrogens (tertiary/aromatic N) is 2. The zero-order valence-electron chi connectivity index (χ0n) is 13.5. The van der Waals surface area contributed by atoms with Gasteiger partial charge in [-0.25, -0.2) is 4.39 Å². The minimum atomic E-state index is -4.02. The molecule has 0 saturated heterocycles. The van der Waals surface area contributed by atoms with Crippen molar-refractivity contribution >= 4 is 33.9 Å². The summed E-state index contributed by atoms with van der Waals surface area (Å²) in [6.45, 7) is 1.84. The standard InChI is InChI=1S/C8H8ClFN4O.C7H8O3S/c9-6-3-5(1-2-7(6)10)4-13-14(15)8(11)12;1-6-2-4-7(5-3-6)11(8,9)10/h1-4,15H,(H3,11,12);2-5H,1H3,(H,8,9,10). The molecule has 0 bridgehead atoms. The van der Waals surface area contributed by atoms with E-state index >= 15 is 0 Å². The van der Waals surface area contributed by atoms with E-state index in [2.05, 4.69) is 5.10 Å². The second-order valence-corrected chi connectivity index (χ2v) is 6.71. The molecule has 0 saturated carbocycles. The number of hydrazone groups is 1. The molecule has 0 fully saturated rings. The average molecular weight is 403 g/mol. The molecule has 0 aliphatic heterocycles. The third-order valence-corrected chi connectivity index (χ3v) is 3.95. The molecule has 0 aliphatic rings. The minimum Gasteiger partial charge on any atom is -0.367 e. The summed E-state index contributed by atoms with van der Waals surface area (Å²) in [4.78, 5) is -0.0666. The normalized spacial score (nSPS) is 11.0. The topological polar surface area (TPSA) is 140 Å². The lowest BCUT2D eigenvalue weighted by molar-refractivity contribution is -0.0139. The summed E-state index contributed by atoms with van der Waals surface area (Å²) in [6, 6.07) is 9.90. The molecule has 11 heteroatoms. The average Bonchev–Trinajstić information content (AvgIpc) is 2.55. The van der Waals surface area contributed by atoms with Crippen molar-refractivity contribution in [3.63, 3.8) is 0 Å². The monoisotopic (exact) mass is 402 g/mol. The first-order valence-electron chi connectivity index (χ1n) is 6.87. The zero-order chi connectivity index (χ0) is 19.9. The van der Waals surface area contributed by atoms with Crippen molar-refractivity contribution in [3.05, 3.63) is 64.4 Å². The van der Waals surface area contributed by atoms with Gasteiger partial charge in [0.1, 0.15) is 5.82 Å². The van der Waals surface area contributed by atoms with Crippen LogP contribution in [0.1, 0.15) is 11.1 Å². The van der Waals surface area contributed by atoms with Gasteiger partial charge in [-0.1, -0.05) is 35.4 Å². The van der Waals surface area contributed by atoms with Crippen molar-refractivity contribution in [2.45, 2.75) is 11.8 Å². The Morgan fingerprint density at radius 3 is 2.35 bits per heavy atom. The Hall–Kier alpha value is -2.53. The third-order valence-electron chi connectivity index (χ3n) is 2.79. The molecule has 8 nitrogen and oxygen atoms in total. The Morgan fingerprint density at radius 2 is 1.88 bits per heavy atom. The van der Waals surface area contributed by atoms with Crippen LogP contribution in [-0.2, 0) is 10.1 Å². The van der Waals surface area contributed by atoms with Gasteiger partial charge in [-0.05, 0) is 36.8 Å². The van der Waals surface area contributed by atoms with Crippen LogP contribution in [0.4, 0.5) is 4.39 Å². The number of hydrogen-bond donors (Lipinski definition) is 4. The van der Waals surface area contributed by atoms with E-state index in [0.717, 1.165) is 5.56 Å². The van der Waals surface area contributed by atoms with E-state index in [1.54, 1.807) is 12.1 Å². The maximum atomic E-state index is 12.7. The second kappa shape index (κ2) is 9.25. The minimum absolute atomic E-state index is 0.0498. The molecule has 140 valence electrons. The molecule has 0 heterocycles. The lowest BCUT2D eigenvalue weighted by Gasteiger charge is -2.05. The van der Waals surface area contributed by atoms with E-state index in [-0.39, 0.29) is 15.1 Å². The molecule has 0 spiro atoms. The molecule has 2 rings (SSSR count). The number of halogens is 2. The van der Waals surface area contributed by atoms with Gasteiger partial charge in [0.25, 0.3) is 10.1 Å². The molecule has 0 atom stereocenters. The van der Waals surface area contributed by atoms with Crippen molar-refractivity contribution in [3.8, 4) is 0 Å². The number of aryl methyl sites for hydroxylation is 1. The van der Waals surface area contributed by atoms with Crippen LogP contribution in [0.3, 0.4) is 0 Å². The molecule has 0 radical (unpaired) electrons. The molecule has 0 amide bonds. The highest BCUT2D eigenvalue weighted by molar-refractivity contribution is 7.85. The highest BCUT2D eigenvalue weighted by Gasteiger charge is 2.06. The summed E-state index contributed by atoms with van der Waals surface area (Å²) in [7, 11) is -4.02. The maximum Gasteiger partial charge on any atom is 0.294 e. The highest BCUT2D eigenvalue weighted by Crippen LogP contribution is 2.14. The fraction of sp³-hybridized carbons (Fsp3) is 0.0667. The lowest BCUT2D eigenvalue weighted by atomic mass is 10.2. The molecular formula is C15H16ClFN4O4S. The predicted octanol–water partition coefficient (Wildman–Crippen LogP) is 2.64. The van der Waals surface area contributed by atoms with Gasteiger partial charge in [0.15, 0.2) is 0 Å². The summed E-state index contributed by atoms with van der Waals surface area (Å²) >= 11 is 5.51. The third kappa shape index (κ3) is 7.15. The molecule has 0 aliphatic carbocycles. The Morgan fingerprint density at radius 1 is 1.31 bits per heavy atom. The molecular weight excluding hydrogens is 387 g/mol. The van der Waals surface area contributed by atoms with E-state index in [1.165, 1.54) is 36.5 Å². The van der Waals surface area contributed by atoms with Crippen LogP contribution in [0.5, 0.6) is 0 Å². The van der Waals surface area contributed by atoms with Gasteiger partial charge in [-0.3, -0.25) is 15.2 Å². The van der Waals surface area contributed by atoms with Crippen LogP contribution < -0.4 is 5.73 Å². The van der Waals surface area contributed by atoms with Crippen LogP contribution in [0.2, 0.25) is 5.02 Å². The second-order valence-electron chi connectivity index (χ2n) is 4.88. The smallest absolute Gasteiger partial charge is 0.294 e. The van der Waals surface area contributed by atoms with Gasteiger partial charge in [0.2, 0.25) is 5.96 Å². The van der Waals surface area contributed by atoms with Gasteiger partial charge < -0.3 is 5.73 Å². The Labute approximate surface area is 154 Å². The number of hydroxylamine groups is 1. The van der Waals surface area contributed by atoms with Gasteiger partial charge in [-0.15, -0.1) is 5.17 Å². The predicted molar refractivity (Wildman–Crippen MR) is 95.5 cm³/mol. The van der Waals surface area contributed by atoms with Crippen molar-refractivity contribution < 1.29 is 22.6 Å². The molecule has 2 aromatic rings. The molecule has 2 aromatic carbocycles. The van der Waals surface area contributed by atoms with Gasteiger partial charge in [0.05, 0.1) is 16.1 Å². The largest absolute Gasteiger partial charge is 0.367 e. The van der Waals surface area contributed by atoms with Crippen LogP contribution in [-0.4, -0.2) is 35.5 Å². The highest BCUT2D eigenvalue weighted by atomic mass is 35.5. The quantitative estimate of drug-likeness (QED) is 0.269. The van der Waals surface area contributed by atoms with Gasteiger partial charge in [-0.2, -0.15) is 13.5 Å². The Kier molecular flexibility index (Phi) is 7.65. The Balaban J connectivity index is 0.000000273. The molecule has 5 N–H and O–H groups in total. The van der Waals surface area contributed by atoms with Crippen molar-refractivity contribution in [2.75, 3.05) is 0 Å². The molecule has 0 aromatic heterocycles. The van der Waals surface area contributed by atoms with E-state index in [9.17, 15) is 12.8 Å². The first kappa shape index (κ1) is 21.5. The number of nitrogens with two attached hydrogens (primary N) is 1. The van der Waals surface area contributed by atoms with Crippen LogP contribution in [0, 0.1) is 18.2 Å². The number of guanidine groups is 1. The van der Waals surface area contributed by atoms with E-state index in [1.807, 2.05) is 6.92 Å². The summed E-state index contributed by atoms with van der Waals surface area (Å²) in [5.74, 6) is -1.17. The van der Waals surface area contributed by atoms with Crippen LogP contribution >= 0.6 is 11.6 Å². The zero-order valence-corrected chi connectivity index (χ0v) is 15.0. The van der Waals surface area contributed by atoms with E-state index in [4.69, 9.17) is 32.5 Å². The van der Waals surface area contributed by atoms with E-state index < -0.39 is 21.9 Å². The van der Waals surface area contributed by atoms with Crippen LogP contribution in [0.15, 0.2) is 52.5 Å². The van der Waals surface area contributed by atoms with Crippen LogP contribution in [0.25, 0.3) is 0 Å². The fourth-order valence-electron chi connectivity index (χ4n) is 1.49. The summed E-state index contributed by atoms with van der Waals surface area (Å²) in [5, 5.41) is 19.2. The first-order valence-corrected chi connectivity index (χ1v) is 8.68. The molecule has 0 unspecified atom stereocenters. The summed E-state index contributed by atoms with van der Waals surface area (Å²) in [6.07, 6.45) is 1.19. The Bertz CT molecular complexity index is 904. The number of benzene rings is 2. The van der Waals surface area contributed by atoms with Crippen molar-refractivity contribution in [1.82, 2.24) is 5.17 Å². The number of nitrogens with one attached hydrogen (secondary N) is 1. The van der Waals surface area contributed by atoms with Crippen molar-refractivity contribution in [1.29, 1.82) is 5.41 Å². The SMILES string of the molecule is Cc1ccc(S(=O)(=O)O)cc1.N=C(N)N(O)N=Cc1ccc(F)c(Cl)c1.